The maximum absolute atomic E-state index is 12.9. The van der Waals surface area contributed by atoms with Crippen molar-refractivity contribution in [1.82, 2.24) is 4.90 Å². The van der Waals surface area contributed by atoms with Crippen molar-refractivity contribution < 1.29 is 9.53 Å². The molecule has 2 saturated heterocycles. The molecule has 122 valence electrons. The average molecular weight is 325 g/mol. The molecule has 2 atom stereocenters. The highest BCUT2D eigenvalue weighted by Crippen LogP contribution is 2.34. The van der Waals surface area contributed by atoms with Crippen LogP contribution in [0.15, 0.2) is 30.3 Å². The van der Waals surface area contributed by atoms with Gasteiger partial charge in [0, 0.05) is 31.7 Å². The van der Waals surface area contributed by atoms with Gasteiger partial charge >= 0.3 is 0 Å². The third kappa shape index (κ3) is 3.29. The number of nitrogens with two attached hydrogens (primary N) is 1. The summed E-state index contributed by atoms with van der Waals surface area (Å²) < 4.78 is 5.34. The third-order valence-corrected chi connectivity index (χ3v) is 4.92. The van der Waals surface area contributed by atoms with E-state index in [1.807, 2.05) is 11.0 Å². The maximum Gasteiger partial charge on any atom is 0.243 e. The van der Waals surface area contributed by atoms with Crippen LogP contribution in [-0.4, -0.2) is 42.1 Å². The summed E-state index contributed by atoms with van der Waals surface area (Å²) in [7, 11) is 0. The zero-order valence-electron chi connectivity index (χ0n) is 13.0. The summed E-state index contributed by atoms with van der Waals surface area (Å²) in [5.41, 5.74) is 6.95. The molecule has 4 nitrogen and oxygen atoms in total. The van der Waals surface area contributed by atoms with E-state index in [0.29, 0.717) is 32.0 Å². The Kier molecular flexibility index (Phi) is 5.48. The predicted molar refractivity (Wildman–Crippen MR) is 89.2 cm³/mol. The zero-order valence-corrected chi connectivity index (χ0v) is 13.8. The fourth-order valence-corrected chi connectivity index (χ4v) is 3.52. The van der Waals surface area contributed by atoms with Gasteiger partial charge in [0.2, 0.25) is 5.91 Å². The highest BCUT2D eigenvalue weighted by molar-refractivity contribution is 5.87. The number of ether oxygens (including phenoxy) is 1. The van der Waals surface area contributed by atoms with Crippen LogP contribution in [0.4, 0.5) is 0 Å². The number of carbonyl (C=O) groups is 1. The molecule has 2 aliphatic heterocycles. The van der Waals surface area contributed by atoms with Crippen LogP contribution in [-0.2, 0) is 9.53 Å². The van der Waals surface area contributed by atoms with Crippen LogP contribution in [0.2, 0.25) is 0 Å². The van der Waals surface area contributed by atoms with Crippen LogP contribution in [0.25, 0.3) is 0 Å². The SMILES string of the molecule is CC1CC(c2ccccc2)CN1C(=O)C1(N)CCOCC1.Cl. The molecular weight excluding hydrogens is 300 g/mol. The van der Waals surface area contributed by atoms with Gasteiger partial charge in [0.15, 0.2) is 0 Å². The first-order valence-corrected chi connectivity index (χ1v) is 7.83. The molecule has 0 saturated carbocycles. The lowest BCUT2D eigenvalue weighted by Gasteiger charge is -2.36. The summed E-state index contributed by atoms with van der Waals surface area (Å²) in [6, 6.07) is 10.7. The Morgan fingerprint density at radius 3 is 2.55 bits per heavy atom. The second-order valence-corrected chi connectivity index (χ2v) is 6.42. The first kappa shape index (κ1) is 17.3. The molecule has 1 aromatic rings. The number of halogens is 1. The zero-order chi connectivity index (χ0) is 14.9. The Morgan fingerprint density at radius 1 is 1.27 bits per heavy atom. The van der Waals surface area contributed by atoms with E-state index >= 15 is 0 Å². The number of carbonyl (C=O) groups excluding carboxylic acids is 1. The van der Waals surface area contributed by atoms with Gasteiger partial charge in [-0.2, -0.15) is 0 Å². The van der Waals surface area contributed by atoms with Crippen LogP contribution < -0.4 is 5.73 Å². The summed E-state index contributed by atoms with van der Waals surface area (Å²) in [5.74, 6) is 0.533. The Balaban J connectivity index is 0.00000176. The van der Waals surface area contributed by atoms with E-state index in [9.17, 15) is 4.79 Å². The van der Waals surface area contributed by atoms with Gasteiger partial charge < -0.3 is 15.4 Å². The van der Waals surface area contributed by atoms with Crippen molar-refractivity contribution in [2.75, 3.05) is 19.8 Å². The fourth-order valence-electron chi connectivity index (χ4n) is 3.52. The lowest BCUT2D eigenvalue weighted by Crippen LogP contribution is -2.58. The summed E-state index contributed by atoms with van der Waals surface area (Å²) in [6.07, 6.45) is 2.28. The number of hydrogen-bond donors (Lipinski definition) is 1. The standard InChI is InChI=1S/C17H24N2O2.ClH/c1-13-11-15(14-5-3-2-4-6-14)12-19(13)16(20)17(18)7-9-21-10-8-17;/h2-6,13,15H,7-12,18H2,1H3;1H. The van der Waals surface area contributed by atoms with E-state index in [-0.39, 0.29) is 24.4 Å². The molecule has 2 N–H and O–H groups in total. The summed E-state index contributed by atoms with van der Waals surface area (Å²) in [4.78, 5) is 14.8. The largest absolute Gasteiger partial charge is 0.381 e. The molecule has 3 rings (SSSR count). The second-order valence-electron chi connectivity index (χ2n) is 6.42. The molecule has 0 aliphatic carbocycles. The van der Waals surface area contributed by atoms with E-state index in [4.69, 9.17) is 10.5 Å². The Hall–Kier alpha value is -1.10. The van der Waals surface area contributed by atoms with Gasteiger partial charge in [-0.15, -0.1) is 12.4 Å². The first-order valence-electron chi connectivity index (χ1n) is 7.83. The minimum Gasteiger partial charge on any atom is -0.381 e. The van der Waals surface area contributed by atoms with Gasteiger partial charge in [-0.3, -0.25) is 4.79 Å². The lowest BCUT2D eigenvalue weighted by molar-refractivity contribution is -0.141. The third-order valence-electron chi connectivity index (χ3n) is 4.92. The van der Waals surface area contributed by atoms with E-state index in [2.05, 4.69) is 31.2 Å². The second kappa shape index (κ2) is 6.99. The van der Waals surface area contributed by atoms with Crippen LogP contribution in [0.1, 0.15) is 37.7 Å². The predicted octanol–water partition coefficient (Wildman–Crippen LogP) is 2.32. The van der Waals surface area contributed by atoms with Gasteiger partial charge in [0.25, 0.3) is 0 Å². The number of amides is 1. The van der Waals surface area contributed by atoms with Crippen molar-refractivity contribution in [3.8, 4) is 0 Å². The lowest BCUT2D eigenvalue weighted by atomic mass is 9.89. The number of benzene rings is 1. The molecule has 1 aromatic carbocycles. The average Bonchev–Trinajstić information content (AvgIpc) is 2.90. The molecule has 0 spiro atoms. The van der Waals surface area contributed by atoms with E-state index in [1.165, 1.54) is 5.56 Å². The van der Waals surface area contributed by atoms with E-state index in [0.717, 1.165) is 13.0 Å². The van der Waals surface area contributed by atoms with Crippen molar-refractivity contribution in [2.24, 2.45) is 5.73 Å². The molecule has 0 radical (unpaired) electrons. The van der Waals surface area contributed by atoms with Crippen molar-refractivity contribution in [1.29, 1.82) is 0 Å². The van der Waals surface area contributed by atoms with Crippen LogP contribution in [0.5, 0.6) is 0 Å². The van der Waals surface area contributed by atoms with Gasteiger partial charge in [-0.25, -0.2) is 0 Å². The van der Waals surface area contributed by atoms with Crippen LogP contribution >= 0.6 is 12.4 Å². The number of hydrogen-bond acceptors (Lipinski definition) is 3. The quantitative estimate of drug-likeness (QED) is 0.908. The normalized spacial score (nSPS) is 27.3. The van der Waals surface area contributed by atoms with Gasteiger partial charge in [-0.1, -0.05) is 30.3 Å². The Morgan fingerprint density at radius 2 is 1.91 bits per heavy atom. The molecule has 2 heterocycles. The van der Waals surface area contributed by atoms with Crippen LogP contribution in [0.3, 0.4) is 0 Å². The van der Waals surface area contributed by atoms with E-state index in [1.54, 1.807) is 0 Å². The minimum absolute atomic E-state index is 0. The minimum atomic E-state index is -0.724. The highest BCUT2D eigenvalue weighted by Gasteiger charge is 2.43. The molecule has 1 amide bonds. The Labute approximate surface area is 138 Å². The number of rotatable bonds is 2. The van der Waals surface area contributed by atoms with E-state index < -0.39 is 5.54 Å². The first-order chi connectivity index (χ1) is 10.1. The maximum atomic E-state index is 12.9. The van der Waals surface area contributed by atoms with Crippen molar-refractivity contribution in [3.05, 3.63) is 35.9 Å². The van der Waals surface area contributed by atoms with Crippen molar-refractivity contribution >= 4 is 18.3 Å². The smallest absolute Gasteiger partial charge is 0.243 e. The fraction of sp³-hybridized carbons (Fsp3) is 0.588. The van der Waals surface area contributed by atoms with Crippen LogP contribution in [0, 0.1) is 0 Å². The summed E-state index contributed by atoms with van der Waals surface area (Å²) in [5, 5.41) is 0. The monoisotopic (exact) mass is 324 g/mol. The molecule has 0 bridgehead atoms. The molecule has 2 aliphatic rings. The molecular formula is C17H25ClN2O2. The molecule has 5 heteroatoms. The van der Waals surface area contributed by atoms with Crippen molar-refractivity contribution in [3.63, 3.8) is 0 Å². The Bertz CT molecular complexity index is 503. The van der Waals surface area contributed by atoms with Gasteiger partial charge in [0.05, 0.1) is 5.54 Å². The van der Waals surface area contributed by atoms with Gasteiger partial charge in [-0.05, 0) is 31.7 Å². The molecule has 2 unspecified atom stereocenters. The van der Waals surface area contributed by atoms with Gasteiger partial charge in [0.1, 0.15) is 0 Å². The van der Waals surface area contributed by atoms with Crippen molar-refractivity contribution in [2.45, 2.75) is 43.7 Å². The highest BCUT2D eigenvalue weighted by atomic mass is 35.5. The molecule has 2 fully saturated rings. The molecule has 22 heavy (non-hydrogen) atoms. The number of nitrogens with zero attached hydrogens (tertiary/aromatic N) is 1. The topological polar surface area (TPSA) is 55.6 Å². The number of likely N-dealkylation sites (tertiary alicyclic amines) is 1. The summed E-state index contributed by atoms with van der Waals surface area (Å²) >= 11 is 0. The summed E-state index contributed by atoms with van der Waals surface area (Å²) in [6.45, 7) is 4.09. The molecule has 0 aromatic heterocycles.